The van der Waals surface area contributed by atoms with Crippen LogP contribution in [0.5, 0.6) is 0 Å². The highest BCUT2D eigenvalue weighted by Gasteiger charge is 2.30. The number of hydrogen-bond donors (Lipinski definition) is 2. The first kappa shape index (κ1) is 13.6. The number of aliphatic hydroxyl groups is 1. The van der Waals surface area contributed by atoms with Gasteiger partial charge in [0.05, 0.1) is 6.10 Å². The standard InChI is InChI=1S/C16H25NO/c1-12-4-3-5-14(10-12)11-16(15-6-7-15)17-9-8-13(2)18/h3-5,10,13,15-18H,6-9,11H2,1-2H3. The fourth-order valence-corrected chi connectivity index (χ4v) is 2.47. The van der Waals surface area contributed by atoms with E-state index >= 15 is 0 Å². The van der Waals surface area contributed by atoms with E-state index in [-0.39, 0.29) is 6.10 Å². The summed E-state index contributed by atoms with van der Waals surface area (Å²) < 4.78 is 0. The second kappa shape index (κ2) is 6.35. The Morgan fingerprint density at radius 1 is 1.39 bits per heavy atom. The van der Waals surface area contributed by atoms with Gasteiger partial charge in [-0.15, -0.1) is 0 Å². The van der Waals surface area contributed by atoms with Gasteiger partial charge in [0.2, 0.25) is 0 Å². The Kier molecular flexibility index (Phi) is 4.79. The zero-order valence-corrected chi connectivity index (χ0v) is 11.5. The lowest BCUT2D eigenvalue weighted by molar-refractivity contribution is 0.181. The van der Waals surface area contributed by atoms with Gasteiger partial charge in [0.1, 0.15) is 0 Å². The molecule has 2 rings (SSSR count). The number of aliphatic hydroxyl groups excluding tert-OH is 1. The van der Waals surface area contributed by atoms with Gasteiger partial charge >= 0.3 is 0 Å². The van der Waals surface area contributed by atoms with E-state index in [1.807, 2.05) is 6.92 Å². The first-order valence-electron chi connectivity index (χ1n) is 7.12. The SMILES string of the molecule is Cc1cccc(CC(NCCC(C)O)C2CC2)c1. The monoisotopic (exact) mass is 247 g/mol. The van der Waals surface area contributed by atoms with E-state index in [4.69, 9.17) is 0 Å². The fraction of sp³-hybridized carbons (Fsp3) is 0.625. The molecule has 1 aliphatic carbocycles. The summed E-state index contributed by atoms with van der Waals surface area (Å²) in [5.41, 5.74) is 2.77. The molecule has 1 aromatic rings. The van der Waals surface area contributed by atoms with Crippen molar-refractivity contribution in [2.24, 2.45) is 5.92 Å². The molecular formula is C16H25NO. The molecule has 0 spiro atoms. The molecule has 100 valence electrons. The summed E-state index contributed by atoms with van der Waals surface area (Å²) >= 11 is 0. The third-order valence-electron chi connectivity index (χ3n) is 3.70. The van der Waals surface area contributed by atoms with Crippen molar-refractivity contribution in [1.82, 2.24) is 5.32 Å². The maximum Gasteiger partial charge on any atom is 0.0524 e. The van der Waals surface area contributed by atoms with Gasteiger partial charge in [-0.05, 0) is 57.6 Å². The minimum Gasteiger partial charge on any atom is -0.393 e. The molecule has 2 nitrogen and oxygen atoms in total. The smallest absolute Gasteiger partial charge is 0.0524 e. The predicted octanol–water partition coefficient (Wildman–Crippen LogP) is 2.68. The molecule has 0 radical (unpaired) electrons. The van der Waals surface area contributed by atoms with Crippen LogP contribution in [0, 0.1) is 12.8 Å². The van der Waals surface area contributed by atoms with Crippen LogP contribution in [0.25, 0.3) is 0 Å². The van der Waals surface area contributed by atoms with E-state index in [1.165, 1.54) is 24.0 Å². The average molecular weight is 247 g/mol. The molecule has 1 saturated carbocycles. The van der Waals surface area contributed by atoms with Crippen LogP contribution in [0.15, 0.2) is 24.3 Å². The van der Waals surface area contributed by atoms with Crippen LogP contribution in [-0.2, 0) is 6.42 Å². The van der Waals surface area contributed by atoms with Gasteiger partial charge in [-0.1, -0.05) is 29.8 Å². The number of nitrogens with one attached hydrogen (secondary N) is 1. The van der Waals surface area contributed by atoms with Gasteiger partial charge in [0.25, 0.3) is 0 Å². The number of aryl methyl sites for hydroxylation is 1. The Hall–Kier alpha value is -0.860. The van der Waals surface area contributed by atoms with E-state index in [9.17, 15) is 5.11 Å². The Labute approximate surface area is 110 Å². The summed E-state index contributed by atoms with van der Waals surface area (Å²) in [5.74, 6) is 0.847. The molecule has 1 aromatic carbocycles. The molecule has 2 atom stereocenters. The van der Waals surface area contributed by atoms with E-state index < -0.39 is 0 Å². The third kappa shape index (κ3) is 4.43. The van der Waals surface area contributed by atoms with Crippen molar-refractivity contribution in [2.75, 3.05) is 6.54 Å². The van der Waals surface area contributed by atoms with Gasteiger partial charge in [-0.25, -0.2) is 0 Å². The summed E-state index contributed by atoms with van der Waals surface area (Å²) in [4.78, 5) is 0. The van der Waals surface area contributed by atoms with Crippen molar-refractivity contribution in [1.29, 1.82) is 0 Å². The molecule has 0 aromatic heterocycles. The van der Waals surface area contributed by atoms with Crippen LogP contribution < -0.4 is 5.32 Å². The molecule has 0 amide bonds. The van der Waals surface area contributed by atoms with Gasteiger partial charge in [-0.3, -0.25) is 0 Å². The first-order chi connectivity index (χ1) is 8.65. The molecule has 0 saturated heterocycles. The van der Waals surface area contributed by atoms with Crippen LogP contribution in [0.2, 0.25) is 0 Å². The quantitative estimate of drug-likeness (QED) is 0.776. The van der Waals surface area contributed by atoms with Crippen molar-refractivity contribution < 1.29 is 5.11 Å². The molecule has 2 heteroatoms. The largest absolute Gasteiger partial charge is 0.393 e. The molecule has 2 unspecified atom stereocenters. The highest BCUT2D eigenvalue weighted by Crippen LogP contribution is 2.34. The van der Waals surface area contributed by atoms with E-state index in [0.717, 1.165) is 25.3 Å². The summed E-state index contributed by atoms with van der Waals surface area (Å²) in [6.45, 7) is 4.93. The van der Waals surface area contributed by atoms with Gasteiger partial charge in [0.15, 0.2) is 0 Å². The minimum absolute atomic E-state index is 0.198. The van der Waals surface area contributed by atoms with Crippen molar-refractivity contribution in [3.05, 3.63) is 35.4 Å². The molecule has 1 aliphatic rings. The molecule has 0 heterocycles. The minimum atomic E-state index is -0.198. The fourth-order valence-electron chi connectivity index (χ4n) is 2.47. The molecule has 2 N–H and O–H groups in total. The zero-order chi connectivity index (χ0) is 13.0. The third-order valence-corrected chi connectivity index (χ3v) is 3.70. The molecule has 1 fully saturated rings. The normalized spacial score (nSPS) is 18.6. The summed E-state index contributed by atoms with van der Waals surface area (Å²) in [6, 6.07) is 9.39. The van der Waals surface area contributed by atoms with E-state index in [0.29, 0.717) is 6.04 Å². The maximum absolute atomic E-state index is 9.31. The van der Waals surface area contributed by atoms with Gasteiger partial charge < -0.3 is 10.4 Å². The van der Waals surface area contributed by atoms with E-state index in [2.05, 4.69) is 36.5 Å². The molecule has 18 heavy (non-hydrogen) atoms. The lowest BCUT2D eigenvalue weighted by atomic mass is 10.0. The summed E-state index contributed by atoms with van der Waals surface area (Å²) in [7, 11) is 0. The van der Waals surface area contributed by atoms with E-state index in [1.54, 1.807) is 0 Å². The highest BCUT2D eigenvalue weighted by atomic mass is 16.3. The highest BCUT2D eigenvalue weighted by molar-refractivity contribution is 5.23. The number of rotatable bonds is 7. The lowest BCUT2D eigenvalue weighted by Crippen LogP contribution is -2.35. The van der Waals surface area contributed by atoms with Crippen LogP contribution >= 0.6 is 0 Å². The maximum atomic E-state index is 9.31. The topological polar surface area (TPSA) is 32.3 Å². The van der Waals surface area contributed by atoms with Crippen molar-refractivity contribution in [3.63, 3.8) is 0 Å². The van der Waals surface area contributed by atoms with Crippen molar-refractivity contribution in [2.45, 2.75) is 51.7 Å². The van der Waals surface area contributed by atoms with Crippen LogP contribution in [0.1, 0.15) is 37.3 Å². The Morgan fingerprint density at radius 2 is 2.17 bits per heavy atom. The molecule has 0 aliphatic heterocycles. The van der Waals surface area contributed by atoms with Crippen LogP contribution in [0.4, 0.5) is 0 Å². The number of hydrogen-bond acceptors (Lipinski definition) is 2. The lowest BCUT2D eigenvalue weighted by Gasteiger charge is -2.19. The van der Waals surface area contributed by atoms with Crippen molar-refractivity contribution in [3.8, 4) is 0 Å². The second-order valence-corrected chi connectivity index (χ2v) is 5.73. The van der Waals surface area contributed by atoms with Gasteiger partial charge in [0, 0.05) is 6.04 Å². The Bertz CT molecular complexity index is 371. The second-order valence-electron chi connectivity index (χ2n) is 5.73. The van der Waals surface area contributed by atoms with Gasteiger partial charge in [-0.2, -0.15) is 0 Å². The van der Waals surface area contributed by atoms with Crippen LogP contribution in [0.3, 0.4) is 0 Å². The first-order valence-corrected chi connectivity index (χ1v) is 7.12. The number of benzene rings is 1. The average Bonchev–Trinajstić information content (AvgIpc) is 3.11. The zero-order valence-electron chi connectivity index (χ0n) is 11.5. The Morgan fingerprint density at radius 3 is 2.78 bits per heavy atom. The predicted molar refractivity (Wildman–Crippen MR) is 75.7 cm³/mol. The Balaban J connectivity index is 1.86. The summed E-state index contributed by atoms with van der Waals surface area (Å²) in [5, 5.41) is 12.9. The molecular weight excluding hydrogens is 222 g/mol. The summed E-state index contributed by atoms with van der Waals surface area (Å²) in [6.07, 6.45) is 4.48. The van der Waals surface area contributed by atoms with Crippen molar-refractivity contribution >= 4 is 0 Å². The molecule has 0 bridgehead atoms. The van der Waals surface area contributed by atoms with Crippen LogP contribution in [-0.4, -0.2) is 23.8 Å².